The van der Waals surface area contributed by atoms with Gasteiger partial charge in [0.25, 0.3) is 5.91 Å². The molecular formula is C36H54N6O7. The Balaban J connectivity index is 0.000000718. The number of hydrogen-bond donors (Lipinski definition) is 3. The Kier molecular flexibility index (Phi) is 18.8. The van der Waals surface area contributed by atoms with Gasteiger partial charge in [0.1, 0.15) is 24.0 Å². The van der Waals surface area contributed by atoms with Crippen LogP contribution >= 0.6 is 0 Å². The molecule has 2 saturated heterocycles. The number of Topliss-reactive ketones (excluding diaryl/α,β-unsaturated/α-hetero) is 1. The molecule has 1 aromatic heterocycles. The lowest BCUT2D eigenvalue weighted by molar-refractivity contribution is -0.131. The summed E-state index contributed by atoms with van der Waals surface area (Å²) in [5.74, 6) is -1.86. The second-order valence-corrected chi connectivity index (χ2v) is 12.0. The fourth-order valence-electron chi connectivity index (χ4n) is 4.45. The zero-order valence-electron chi connectivity index (χ0n) is 29.8. The fourth-order valence-corrected chi connectivity index (χ4v) is 4.45. The first kappa shape index (κ1) is 41.0. The summed E-state index contributed by atoms with van der Waals surface area (Å²) < 4.78 is 10.5. The van der Waals surface area contributed by atoms with E-state index in [1.807, 2.05) is 18.2 Å². The van der Waals surface area contributed by atoms with E-state index in [2.05, 4.69) is 63.9 Å². The normalized spacial score (nSPS) is 18.2. The number of carbonyl (C=O) groups excluding carboxylic acids is 4. The number of benzene rings is 1. The lowest BCUT2D eigenvalue weighted by Crippen LogP contribution is -2.53. The molecular weight excluding hydrogens is 628 g/mol. The largest absolute Gasteiger partial charge is 0.394 e. The van der Waals surface area contributed by atoms with Crippen LogP contribution in [0.4, 0.5) is 0 Å². The summed E-state index contributed by atoms with van der Waals surface area (Å²) in [6.07, 6.45) is 4.98. The number of aromatic nitrogens is 1. The fraction of sp³-hybridized carbons (Fsp3) is 0.556. The Morgan fingerprint density at radius 1 is 1.00 bits per heavy atom. The van der Waals surface area contributed by atoms with Gasteiger partial charge in [0.15, 0.2) is 5.78 Å². The molecule has 270 valence electrons. The average Bonchev–Trinajstić information content (AvgIpc) is 3.87. The predicted molar refractivity (Wildman–Crippen MR) is 188 cm³/mol. The second-order valence-electron chi connectivity index (χ2n) is 12.0. The van der Waals surface area contributed by atoms with Crippen molar-refractivity contribution < 1.29 is 33.5 Å². The van der Waals surface area contributed by atoms with Crippen LogP contribution in [0.5, 0.6) is 0 Å². The van der Waals surface area contributed by atoms with Crippen LogP contribution in [0.3, 0.4) is 0 Å². The average molecular weight is 683 g/mol. The van der Waals surface area contributed by atoms with E-state index in [-0.39, 0.29) is 24.5 Å². The van der Waals surface area contributed by atoms with E-state index in [0.717, 1.165) is 18.7 Å². The molecule has 3 amide bonds. The summed E-state index contributed by atoms with van der Waals surface area (Å²) in [5.41, 5.74) is 1.29. The monoisotopic (exact) mass is 682 g/mol. The quantitative estimate of drug-likeness (QED) is 0.111. The summed E-state index contributed by atoms with van der Waals surface area (Å²) in [5, 5.41) is 11.7. The van der Waals surface area contributed by atoms with Crippen LogP contribution in [-0.2, 0) is 39.9 Å². The third kappa shape index (κ3) is 16.2. The van der Waals surface area contributed by atoms with Crippen molar-refractivity contribution in [2.45, 2.75) is 78.5 Å². The Bertz CT molecular complexity index is 1320. The Hall–Kier alpha value is -4.20. The van der Waals surface area contributed by atoms with Gasteiger partial charge < -0.3 is 30.3 Å². The van der Waals surface area contributed by atoms with Crippen LogP contribution < -0.4 is 16.0 Å². The van der Waals surface area contributed by atoms with Crippen molar-refractivity contribution in [2.24, 2.45) is 5.16 Å². The molecule has 1 aromatic carbocycles. The van der Waals surface area contributed by atoms with E-state index in [0.29, 0.717) is 39.4 Å². The highest BCUT2D eigenvalue weighted by Crippen LogP contribution is 2.28. The van der Waals surface area contributed by atoms with Gasteiger partial charge in [0, 0.05) is 38.4 Å². The van der Waals surface area contributed by atoms with Gasteiger partial charge in [-0.25, -0.2) is 0 Å². The first-order chi connectivity index (χ1) is 23.5. The highest BCUT2D eigenvalue weighted by molar-refractivity contribution is 6.38. The number of hydrogen-bond acceptors (Lipinski definition) is 10. The van der Waals surface area contributed by atoms with Gasteiger partial charge in [-0.1, -0.05) is 68.2 Å². The zero-order valence-corrected chi connectivity index (χ0v) is 29.8. The molecule has 0 aliphatic carbocycles. The number of amides is 3. The standard InChI is InChI=1S/C26H38N6O7.C7H8.C3H8/c1-4-20(23(34)26(3)17-38-26)29-22(33)16-28-25(36)21(15-19-5-7-27-8-6-19)30-24(35)18(2)31-39-14-11-32-9-12-37-13-10-32;1-7-5-3-2-4-6-7;1-3-2/h5-8,20-21H,4,9-17H2,1-3H3,(H,28,36)(H,29,33)(H,30,35);2-6H,1H3;3H2,1-2H3/b31-18+;;/t20-,21?,26+;;/m0../s1. The molecule has 2 fully saturated rings. The molecule has 3 heterocycles. The second kappa shape index (κ2) is 22.4. The predicted octanol–water partition coefficient (Wildman–Crippen LogP) is 2.61. The molecule has 2 aliphatic rings. The van der Waals surface area contributed by atoms with Crippen LogP contribution in [0.2, 0.25) is 0 Å². The van der Waals surface area contributed by atoms with Crippen molar-refractivity contribution >= 4 is 29.2 Å². The molecule has 0 spiro atoms. The third-order valence-electron chi connectivity index (χ3n) is 7.47. The topological polar surface area (TPSA) is 164 Å². The minimum absolute atomic E-state index is 0.0577. The third-order valence-corrected chi connectivity index (χ3v) is 7.47. The number of oxime groups is 1. The molecule has 0 radical (unpaired) electrons. The number of ketones is 1. The van der Waals surface area contributed by atoms with Crippen LogP contribution in [0.15, 0.2) is 60.0 Å². The van der Waals surface area contributed by atoms with E-state index in [1.54, 1.807) is 38.4 Å². The number of ether oxygens (including phenoxy) is 2. The minimum atomic E-state index is -0.992. The van der Waals surface area contributed by atoms with Crippen molar-refractivity contribution in [3.63, 3.8) is 0 Å². The summed E-state index contributed by atoms with van der Waals surface area (Å²) >= 11 is 0. The number of aryl methyl sites for hydroxylation is 1. The maximum absolute atomic E-state index is 13.0. The van der Waals surface area contributed by atoms with Crippen LogP contribution in [0.1, 0.15) is 58.6 Å². The van der Waals surface area contributed by atoms with Gasteiger partial charge in [0.05, 0.1) is 32.4 Å². The summed E-state index contributed by atoms with van der Waals surface area (Å²) in [4.78, 5) is 62.2. The van der Waals surface area contributed by atoms with Crippen LogP contribution in [0.25, 0.3) is 0 Å². The summed E-state index contributed by atoms with van der Waals surface area (Å²) in [6.45, 7) is 15.2. The van der Waals surface area contributed by atoms with Gasteiger partial charge in [0.2, 0.25) is 11.8 Å². The Labute approximate surface area is 290 Å². The minimum Gasteiger partial charge on any atom is -0.394 e. The molecule has 49 heavy (non-hydrogen) atoms. The molecule has 0 saturated carbocycles. The van der Waals surface area contributed by atoms with E-state index >= 15 is 0 Å². The van der Waals surface area contributed by atoms with Gasteiger partial charge in [-0.05, 0) is 44.9 Å². The Morgan fingerprint density at radius 2 is 1.63 bits per heavy atom. The molecule has 3 atom stereocenters. The highest BCUT2D eigenvalue weighted by atomic mass is 16.6. The number of morpholine rings is 1. The van der Waals surface area contributed by atoms with E-state index in [1.165, 1.54) is 18.9 Å². The van der Waals surface area contributed by atoms with Gasteiger partial charge in [-0.15, -0.1) is 0 Å². The number of pyridine rings is 1. The molecule has 1 unspecified atom stereocenters. The van der Waals surface area contributed by atoms with Crippen molar-refractivity contribution in [1.29, 1.82) is 0 Å². The van der Waals surface area contributed by atoms with Crippen molar-refractivity contribution in [3.05, 3.63) is 66.0 Å². The zero-order chi connectivity index (χ0) is 36.1. The maximum Gasteiger partial charge on any atom is 0.269 e. The lowest BCUT2D eigenvalue weighted by Gasteiger charge is -2.25. The van der Waals surface area contributed by atoms with E-state index in [9.17, 15) is 19.2 Å². The SMILES string of the molecule is CCC.CC[C@H](NC(=O)CNC(=O)C(Cc1ccncc1)NC(=O)/C(C)=N/OCCN1CCOCC1)C(=O)[C@@]1(C)CO1.Cc1ccccc1. The molecule has 0 bridgehead atoms. The summed E-state index contributed by atoms with van der Waals surface area (Å²) in [6, 6.07) is 12.0. The molecule has 13 heteroatoms. The van der Waals surface area contributed by atoms with E-state index in [4.69, 9.17) is 14.3 Å². The molecule has 4 rings (SSSR count). The van der Waals surface area contributed by atoms with Crippen molar-refractivity contribution in [1.82, 2.24) is 25.8 Å². The highest BCUT2D eigenvalue weighted by Gasteiger charge is 2.49. The summed E-state index contributed by atoms with van der Waals surface area (Å²) in [7, 11) is 0. The number of carbonyl (C=O) groups is 4. The smallest absolute Gasteiger partial charge is 0.269 e. The molecule has 13 nitrogen and oxygen atoms in total. The van der Waals surface area contributed by atoms with Crippen molar-refractivity contribution in [3.8, 4) is 0 Å². The number of rotatable bonds is 15. The van der Waals surface area contributed by atoms with E-state index < -0.39 is 35.4 Å². The first-order valence-electron chi connectivity index (χ1n) is 17.0. The van der Waals surface area contributed by atoms with Gasteiger partial charge in [-0.3, -0.25) is 29.1 Å². The maximum atomic E-state index is 13.0. The van der Waals surface area contributed by atoms with Crippen molar-refractivity contribution in [2.75, 3.05) is 52.6 Å². The van der Waals surface area contributed by atoms with Crippen LogP contribution in [-0.4, -0.2) is 109 Å². The molecule has 2 aliphatic heterocycles. The lowest BCUT2D eigenvalue weighted by atomic mass is 9.99. The first-order valence-corrected chi connectivity index (χ1v) is 17.0. The molecule has 2 aromatic rings. The van der Waals surface area contributed by atoms with Gasteiger partial charge in [-0.2, -0.15) is 0 Å². The van der Waals surface area contributed by atoms with Crippen LogP contribution in [0, 0.1) is 6.92 Å². The number of nitrogens with one attached hydrogen (secondary N) is 3. The molecule has 3 N–H and O–H groups in total. The number of nitrogens with zero attached hydrogens (tertiary/aromatic N) is 3. The van der Waals surface area contributed by atoms with Gasteiger partial charge >= 0.3 is 0 Å². The number of epoxide rings is 1. The Morgan fingerprint density at radius 3 is 2.18 bits per heavy atom.